The summed E-state index contributed by atoms with van der Waals surface area (Å²) in [6.45, 7) is 0. The Morgan fingerprint density at radius 2 is 0.585 bits per heavy atom. The summed E-state index contributed by atoms with van der Waals surface area (Å²) in [6, 6.07) is 56.4. The maximum atomic E-state index is 5.52. The average Bonchev–Trinajstić information content (AvgIpc) is 3.98. The predicted octanol–water partition coefficient (Wildman–Crippen LogP) is 13.2. The van der Waals surface area contributed by atoms with Crippen molar-refractivity contribution in [2.75, 3.05) is 0 Å². The van der Waals surface area contributed by atoms with E-state index >= 15 is 0 Å². The first kappa shape index (κ1) is 40.9. The van der Waals surface area contributed by atoms with Gasteiger partial charge in [-0.05, 0) is 72.8 Å². The van der Waals surface area contributed by atoms with Crippen LogP contribution in [-0.2, 0) is 17.1 Å². The van der Waals surface area contributed by atoms with E-state index in [4.69, 9.17) is 46.4 Å². The third-order valence-corrected chi connectivity index (χ3v) is 7.76. The molecule has 4 aromatic carbocycles. The topological polar surface area (TPSA) is 57.4 Å². The van der Waals surface area contributed by atoms with Crippen molar-refractivity contribution < 1.29 is 17.1 Å². The van der Waals surface area contributed by atoms with Gasteiger partial charge in [-0.3, -0.25) is 0 Å². The zero-order chi connectivity index (χ0) is 36.4. The van der Waals surface area contributed by atoms with Gasteiger partial charge in [0.1, 0.15) is 0 Å². The van der Waals surface area contributed by atoms with Gasteiger partial charge in [0.05, 0.1) is 22.8 Å². The molecular weight excluding hydrogens is 790 g/mol. The van der Waals surface area contributed by atoms with E-state index in [0.717, 1.165) is 64.9 Å². The fraction of sp³-hybridized carbons (Fsp3) is 0. The second kappa shape index (κ2) is 22.3. The molecule has 7 aromatic rings. The minimum absolute atomic E-state index is 0. The van der Waals surface area contributed by atoms with E-state index in [1.165, 1.54) is 0 Å². The van der Waals surface area contributed by atoms with Gasteiger partial charge in [-0.25, -0.2) is 9.97 Å². The normalized spacial score (nSPS) is 10.3. The van der Waals surface area contributed by atoms with E-state index in [-0.39, 0.29) is 17.1 Å². The number of aromatic nitrogens is 4. The van der Waals surface area contributed by atoms with Crippen LogP contribution in [0, 0.1) is 24.3 Å². The summed E-state index contributed by atoms with van der Waals surface area (Å²) in [5.41, 5.74) is 7.86. The molecule has 3 aromatic heterocycles. The van der Waals surface area contributed by atoms with Gasteiger partial charge in [0.25, 0.3) is 0 Å². The van der Waals surface area contributed by atoms with Crippen molar-refractivity contribution in [1.29, 1.82) is 0 Å². The van der Waals surface area contributed by atoms with Crippen molar-refractivity contribution in [2.24, 2.45) is 0 Å². The van der Waals surface area contributed by atoms with Gasteiger partial charge in [0.2, 0.25) is 0 Å². The Morgan fingerprint density at radius 1 is 0.340 bits per heavy atom. The van der Waals surface area contributed by atoms with Gasteiger partial charge in [-0.2, -0.15) is 121 Å². The summed E-state index contributed by atoms with van der Waals surface area (Å²) >= 11 is 22.1. The van der Waals surface area contributed by atoms with Gasteiger partial charge < -0.3 is 9.97 Å². The van der Waals surface area contributed by atoms with Crippen LogP contribution in [0.3, 0.4) is 0 Å². The largest absolute Gasteiger partial charge is 0.355 e. The van der Waals surface area contributed by atoms with Gasteiger partial charge in [0, 0.05) is 39.1 Å². The van der Waals surface area contributed by atoms with Crippen molar-refractivity contribution in [3.8, 4) is 0 Å². The number of H-pyrrole nitrogens is 2. The van der Waals surface area contributed by atoms with E-state index in [1.54, 1.807) is 97.1 Å². The molecule has 0 aliphatic carbocycles. The third kappa shape index (κ3) is 15.3. The first-order chi connectivity index (χ1) is 25.4. The standard InChI is InChI=1S/C20H14N4.4C6H4Cl.Cu/c1-2-14-10-16-5-6-18(23-16)12-20-8-7-19(24-20)11-17-4-3-15(22-17)9-13(1)21-14;4*7-6-4-2-1-3-5-6;/h1-12,21-22H;4*2-5H;/q;4*-1;. The van der Waals surface area contributed by atoms with E-state index in [2.05, 4.69) is 74.5 Å². The van der Waals surface area contributed by atoms with Gasteiger partial charge in [-0.15, -0.1) is 46.4 Å². The number of aromatic amines is 2. The van der Waals surface area contributed by atoms with Gasteiger partial charge in [0.15, 0.2) is 0 Å². The molecule has 0 unspecified atom stereocenters. The minimum Gasteiger partial charge on any atom is -0.355 e. The monoisotopic (exact) mass is 817 g/mol. The minimum atomic E-state index is 0. The van der Waals surface area contributed by atoms with Crippen molar-refractivity contribution >= 4 is 92.8 Å². The van der Waals surface area contributed by atoms with Crippen LogP contribution in [0.4, 0.5) is 0 Å². The Bertz CT molecular complexity index is 2110. The number of rotatable bonds is 0. The van der Waals surface area contributed by atoms with Gasteiger partial charge in [-0.1, -0.05) is 20.1 Å². The van der Waals surface area contributed by atoms with Crippen LogP contribution in [-0.4, -0.2) is 19.9 Å². The Labute approximate surface area is 340 Å². The number of nitrogens with one attached hydrogen (secondary N) is 2. The number of halogens is 4. The molecule has 0 saturated carbocycles. The Morgan fingerprint density at radius 3 is 0.830 bits per heavy atom. The number of benzene rings is 4. The summed E-state index contributed by atoms with van der Waals surface area (Å²) in [5.74, 6) is 0. The molecule has 0 fully saturated rings. The van der Waals surface area contributed by atoms with Crippen LogP contribution < -0.4 is 0 Å². The predicted molar refractivity (Wildman–Crippen MR) is 220 cm³/mol. The molecule has 4 nitrogen and oxygen atoms in total. The molecule has 2 aliphatic rings. The number of nitrogens with zero attached hydrogens (tertiary/aromatic N) is 2. The van der Waals surface area contributed by atoms with Crippen molar-refractivity contribution in [3.63, 3.8) is 0 Å². The summed E-state index contributed by atoms with van der Waals surface area (Å²) in [6.07, 6.45) is 8.05. The molecule has 1 radical (unpaired) electrons. The van der Waals surface area contributed by atoms with Gasteiger partial charge >= 0.3 is 0 Å². The fourth-order valence-corrected chi connectivity index (χ4v) is 4.91. The van der Waals surface area contributed by atoms with Crippen LogP contribution in [0.15, 0.2) is 146 Å². The van der Waals surface area contributed by atoms with Crippen LogP contribution in [0.1, 0.15) is 22.8 Å². The second-order valence-electron chi connectivity index (χ2n) is 10.8. The Kier molecular flexibility index (Phi) is 17.2. The smallest absolute Gasteiger partial charge is 0.0659 e. The summed E-state index contributed by atoms with van der Waals surface area (Å²) in [5, 5.41) is 3.05. The third-order valence-electron chi connectivity index (χ3n) is 6.75. The maximum absolute atomic E-state index is 5.52. The zero-order valence-electron chi connectivity index (χ0n) is 27.9. The van der Waals surface area contributed by atoms with E-state index in [0.29, 0.717) is 0 Å². The molecule has 9 heteroatoms. The number of fused-ring (bicyclic) bond motifs is 8. The number of hydrogen-bond acceptors (Lipinski definition) is 2. The Hall–Kier alpha value is -4.84. The summed E-state index contributed by atoms with van der Waals surface area (Å²) in [7, 11) is 0. The van der Waals surface area contributed by atoms with E-state index in [1.807, 2.05) is 42.5 Å². The van der Waals surface area contributed by atoms with Crippen LogP contribution in [0.2, 0.25) is 20.1 Å². The molecule has 5 heterocycles. The maximum Gasteiger partial charge on any atom is 0.0659 e. The number of hydrogen-bond donors (Lipinski definition) is 2. The first-order valence-corrected chi connectivity index (χ1v) is 17.4. The molecule has 0 spiro atoms. The average molecular weight is 820 g/mol. The molecule has 53 heavy (non-hydrogen) atoms. The van der Waals surface area contributed by atoms with Crippen molar-refractivity contribution in [2.45, 2.75) is 0 Å². The molecule has 2 aliphatic heterocycles. The molecule has 9 rings (SSSR count). The first-order valence-electron chi connectivity index (χ1n) is 15.9. The Balaban J connectivity index is 0.000000176. The quantitative estimate of drug-likeness (QED) is 0.118. The second-order valence-corrected chi connectivity index (χ2v) is 12.5. The van der Waals surface area contributed by atoms with Crippen LogP contribution >= 0.6 is 46.4 Å². The molecule has 0 atom stereocenters. The van der Waals surface area contributed by atoms with E-state index in [9.17, 15) is 0 Å². The van der Waals surface area contributed by atoms with Crippen LogP contribution in [0.5, 0.6) is 0 Å². The summed E-state index contributed by atoms with van der Waals surface area (Å²) < 4.78 is 0. The van der Waals surface area contributed by atoms with Crippen molar-refractivity contribution in [3.05, 3.63) is 213 Å². The molecule has 8 bridgehead atoms. The van der Waals surface area contributed by atoms with E-state index < -0.39 is 0 Å². The summed E-state index contributed by atoms with van der Waals surface area (Å²) in [4.78, 5) is 16.0. The zero-order valence-corrected chi connectivity index (χ0v) is 31.8. The fourth-order valence-electron chi connectivity index (χ4n) is 4.41. The SMILES string of the molecule is C1=Cc2cc3ccc(cc4ccc(cc5nc(cc1n2)C=C5)[nH]4)[nH]3.Clc1cc[c-]cc1.Clc1cc[c-]cc1.Clc1cc[c-]cc1.Clc1cc[c-]cc1.[Cu]. The molecule has 269 valence electrons. The molecule has 2 N–H and O–H groups in total. The van der Waals surface area contributed by atoms with Crippen molar-refractivity contribution in [1.82, 2.24) is 19.9 Å². The van der Waals surface area contributed by atoms with Crippen LogP contribution in [0.25, 0.3) is 46.4 Å². The molecular formula is C44H30Cl4CuN4-4. The molecule has 0 saturated heterocycles. The molecule has 0 amide bonds.